The number of ether oxygens (including phenoxy) is 1. The monoisotopic (exact) mass is 276 g/mol. The number of rotatable bonds is 7. The van der Waals surface area contributed by atoms with Crippen LogP contribution < -0.4 is 10.1 Å². The van der Waals surface area contributed by atoms with Crippen LogP contribution >= 0.6 is 0 Å². The Bertz CT molecular complexity index is 428. The van der Waals surface area contributed by atoms with Crippen LogP contribution in [0.3, 0.4) is 0 Å². The molecule has 20 heavy (non-hydrogen) atoms. The summed E-state index contributed by atoms with van der Waals surface area (Å²) in [6, 6.07) is 7.97. The Labute approximate surface area is 121 Å². The molecule has 2 rings (SSSR count). The highest BCUT2D eigenvalue weighted by Gasteiger charge is 2.12. The molecule has 0 aromatic heterocycles. The molecule has 4 heteroatoms. The summed E-state index contributed by atoms with van der Waals surface area (Å²) in [5.74, 6) is 1.02. The molecule has 0 atom stereocenters. The lowest BCUT2D eigenvalue weighted by Crippen LogP contribution is -2.30. The lowest BCUT2D eigenvalue weighted by atomic mass is 10.1. The number of hydrogen-bond acceptors (Lipinski definition) is 3. The number of amides is 1. The van der Waals surface area contributed by atoms with E-state index in [1.807, 2.05) is 18.2 Å². The van der Waals surface area contributed by atoms with E-state index in [9.17, 15) is 4.79 Å². The van der Waals surface area contributed by atoms with Crippen LogP contribution in [-0.2, 0) is 11.2 Å². The molecule has 1 aromatic rings. The molecule has 0 radical (unpaired) electrons. The molecule has 0 unspecified atom stereocenters. The zero-order valence-electron chi connectivity index (χ0n) is 12.2. The maximum absolute atomic E-state index is 11.8. The topological polar surface area (TPSA) is 41.6 Å². The van der Waals surface area contributed by atoms with Crippen molar-refractivity contribution in [2.24, 2.45) is 0 Å². The average Bonchev–Trinajstić information content (AvgIpc) is 2.99. The smallest absolute Gasteiger partial charge is 0.221 e. The first-order chi connectivity index (χ1) is 9.78. The van der Waals surface area contributed by atoms with Crippen molar-refractivity contribution >= 4 is 5.91 Å². The van der Waals surface area contributed by atoms with Crippen molar-refractivity contribution in [1.82, 2.24) is 10.2 Å². The van der Waals surface area contributed by atoms with E-state index in [1.54, 1.807) is 7.11 Å². The summed E-state index contributed by atoms with van der Waals surface area (Å²) in [7, 11) is 1.67. The molecule has 1 aliphatic heterocycles. The Morgan fingerprint density at radius 3 is 2.90 bits per heavy atom. The molecular formula is C16H24N2O2. The Morgan fingerprint density at radius 2 is 2.15 bits per heavy atom. The highest BCUT2D eigenvalue weighted by Crippen LogP contribution is 2.12. The second-order valence-electron chi connectivity index (χ2n) is 5.25. The van der Waals surface area contributed by atoms with Crippen LogP contribution in [0.15, 0.2) is 24.3 Å². The summed E-state index contributed by atoms with van der Waals surface area (Å²) in [5.41, 5.74) is 1.18. The molecule has 1 N–H and O–H groups in total. The van der Waals surface area contributed by atoms with E-state index in [1.165, 1.54) is 18.4 Å². The van der Waals surface area contributed by atoms with Gasteiger partial charge >= 0.3 is 0 Å². The predicted molar refractivity (Wildman–Crippen MR) is 80.0 cm³/mol. The van der Waals surface area contributed by atoms with Crippen molar-refractivity contribution in [2.45, 2.75) is 25.7 Å². The fraction of sp³-hybridized carbons (Fsp3) is 0.562. The van der Waals surface area contributed by atoms with Gasteiger partial charge in [-0.1, -0.05) is 12.1 Å². The summed E-state index contributed by atoms with van der Waals surface area (Å²) in [6.07, 6.45) is 4.00. The van der Waals surface area contributed by atoms with E-state index in [2.05, 4.69) is 16.3 Å². The molecule has 1 saturated heterocycles. The maximum Gasteiger partial charge on any atom is 0.221 e. The fourth-order valence-electron chi connectivity index (χ4n) is 2.53. The minimum absolute atomic E-state index is 0.153. The van der Waals surface area contributed by atoms with Gasteiger partial charge < -0.3 is 15.0 Å². The number of nitrogens with one attached hydrogen (secondary N) is 1. The highest BCUT2D eigenvalue weighted by molar-refractivity contribution is 5.76. The van der Waals surface area contributed by atoms with Crippen LogP contribution in [0, 0.1) is 0 Å². The Morgan fingerprint density at radius 1 is 1.35 bits per heavy atom. The number of carbonyl (C=O) groups excluding carboxylic acids is 1. The summed E-state index contributed by atoms with van der Waals surface area (Å²) < 4.78 is 5.18. The number of benzene rings is 1. The van der Waals surface area contributed by atoms with Crippen LogP contribution in [0.5, 0.6) is 5.75 Å². The van der Waals surface area contributed by atoms with Crippen LogP contribution in [0.25, 0.3) is 0 Å². The van der Waals surface area contributed by atoms with Crippen molar-refractivity contribution < 1.29 is 9.53 Å². The van der Waals surface area contributed by atoms with Crippen molar-refractivity contribution in [2.75, 3.05) is 33.3 Å². The lowest BCUT2D eigenvalue weighted by Gasteiger charge is -2.13. The fourth-order valence-corrected chi connectivity index (χ4v) is 2.53. The molecule has 4 nitrogen and oxygen atoms in total. The van der Waals surface area contributed by atoms with Gasteiger partial charge in [-0.15, -0.1) is 0 Å². The predicted octanol–water partition coefficient (Wildman–Crippen LogP) is 1.84. The van der Waals surface area contributed by atoms with Crippen LogP contribution in [-0.4, -0.2) is 44.1 Å². The highest BCUT2D eigenvalue weighted by atomic mass is 16.5. The number of methoxy groups -OCH3 is 1. The van der Waals surface area contributed by atoms with Crippen molar-refractivity contribution in [1.29, 1.82) is 0 Å². The number of hydrogen-bond donors (Lipinski definition) is 1. The van der Waals surface area contributed by atoms with Gasteiger partial charge in [0.15, 0.2) is 0 Å². The summed E-state index contributed by atoms with van der Waals surface area (Å²) in [4.78, 5) is 14.1. The van der Waals surface area contributed by atoms with Gasteiger partial charge in [0.2, 0.25) is 5.91 Å². The molecule has 1 amide bonds. The molecule has 110 valence electrons. The van der Waals surface area contributed by atoms with E-state index in [4.69, 9.17) is 4.74 Å². The molecule has 1 fully saturated rings. The quantitative estimate of drug-likeness (QED) is 0.826. The van der Waals surface area contributed by atoms with Gasteiger partial charge in [-0.3, -0.25) is 4.79 Å². The number of carbonyl (C=O) groups is 1. The van der Waals surface area contributed by atoms with Crippen LogP contribution in [0.2, 0.25) is 0 Å². The molecule has 1 aromatic carbocycles. The van der Waals surface area contributed by atoms with Gasteiger partial charge in [0.05, 0.1) is 7.11 Å². The third kappa shape index (κ3) is 4.85. The van der Waals surface area contributed by atoms with Crippen LogP contribution in [0.1, 0.15) is 24.8 Å². The SMILES string of the molecule is COc1cccc(CCNC(=O)CCN2CCCC2)c1. The zero-order valence-corrected chi connectivity index (χ0v) is 12.2. The third-order valence-corrected chi connectivity index (χ3v) is 3.72. The van der Waals surface area contributed by atoms with E-state index in [-0.39, 0.29) is 5.91 Å². The van der Waals surface area contributed by atoms with E-state index in [0.29, 0.717) is 13.0 Å². The van der Waals surface area contributed by atoms with Crippen molar-refractivity contribution in [3.8, 4) is 5.75 Å². The first kappa shape index (κ1) is 14.9. The van der Waals surface area contributed by atoms with E-state index < -0.39 is 0 Å². The second-order valence-corrected chi connectivity index (χ2v) is 5.25. The standard InChI is InChI=1S/C16H24N2O2/c1-20-15-6-4-5-14(13-15)7-9-17-16(19)8-12-18-10-2-3-11-18/h4-6,13H,2-3,7-12H2,1H3,(H,17,19). The Kier molecular flexibility index (Phi) is 5.87. The zero-order chi connectivity index (χ0) is 14.2. The molecule has 0 saturated carbocycles. The minimum atomic E-state index is 0.153. The first-order valence-electron chi connectivity index (χ1n) is 7.40. The van der Waals surface area contributed by atoms with E-state index >= 15 is 0 Å². The second kappa shape index (κ2) is 7.90. The largest absolute Gasteiger partial charge is 0.497 e. The Hall–Kier alpha value is -1.55. The summed E-state index contributed by atoms with van der Waals surface area (Å²) in [5, 5.41) is 2.99. The Balaban J connectivity index is 1.63. The molecule has 0 aliphatic carbocycles. The van der Waals surface area contributed by atoms with Crippen molar-refractivity contribution in [3.05, 3.63) is 29.8 Å². The van der Waals surface area contributed by atoms with Gasteiger partial charge in [-0.05, 0) is 50.0 Å². The summed E-state index contributed by atoms with van der Waals surface area (Å²) in [6.45, 7) is 3.88. The number of nitrogens with zero attached hydrogens (tertiary/aromatic N) is 1. The minimum Gasteiger partial charge on any atom is -0.497 e. The van der Waals surface area contributed by atoms with Gasteiger partial charge in [0.25, 0.3) is 0 Å². The first-order valence-corrected chi connectivity index (χ1v) is 7.40. The normalized spacial score (nSPS) is 15.2. The van der Waals surface area contributed by atoms with Crippen molar-refractivity contribution in [3.63, 3.8) is 0 Å². The molecular weight excluding hydrogens is 252 g/mol. The molecule has 1 heterocycles. The van der Waals surface area contributed by atoms with Gasteiger partial charge in [0.1, 0.15) is 5.75 Å². The van der Waals surface area contributed by atoms with Crippen LogP contribution in [0.4, 0.5) is 0 Å². The third-order valence-electron chi connectivity index (χ3n) is 3.72. The van der Waals surface area contributed by atoms with Gasteiger partial charge in [0, 0.05) is 19.5 Å². The molecule has 0 spiro atoms. The summed E-state index contributed by atoms with van der Waals surface area (Å²) >= 11 is 0. The van der Waals surface area contributed by atoms with Gasteiger partial charge in [-0.2, -0.15) is 0 Å². The molecule has 1 aliphatic rings. The van der Waals surface area contributed by atoms with Gasteiger partial charge in [-0.25, -0.2) is 0 Å². The lowest BCUT2D eigenvalue weighted by molar-refractivity contribution is -0.121. The molecule has 0 bridgehead atoms. The average molecular weight is 276 g/mol. The number of likely N-dealkylation sites (tertiary alicyclic amines) is 1. The maximum atomic E-state index is 11.8. The van der Waals surface area contributed by atoms with E-state index in [0.717, 1.165) is 31.8 Å².